The number of aromatic nitrogens is 3. The molecule has 3 aromatic rings. The average molecular weight is 328 g/mol. The van der Waals surface area contributed by atoms with E-state index in [1.165, 1.54) is 12.1 Å². The van der Waals surface area contributed by atoms with Crippen molar-refractivity contribution in [3.05, 3.63) is 70.9 Å². The van der Waals surface area contributed by atoms with E-state index in [9.17, 15) is 9.18 Å². The summed E-state index contributed by atoms with van der Waals surface area (Å²) in [5.74, 6) is 0.433. The summed E-state index contributed by atoms with van der Waals surface area (Å²) in [6, 6.07) is 5.44. The molecular weight excluding hydrogens is 311 g/mol. The Morgan fingerprint density at radius 2 is 2.00 bits per heavy atom. The molecule has 24 heavy (non-hydrogen) atoms. The van der Waals surface area contributed by atoms with Gasteiger partial charge in [0.25, 0.3) is 5.91 Å². The van der Waals surface area contributed by atoms with Crippen molar-refractivity contribution in [3.8, 4) is 0 Å². The number of aryl methyl sites for hydroxylation is 3. The number of carbonyl (C=O) groups is 1. The number of carbonyl (C=O) groups excluding carboxylic acids is 1. The maximum absolute atomic E-state index is 13.2. The van der Waals surface area contributed by atoms with Crippen LogP contribution in [0.15, 0.2) is 41.2 Å². The minimum atomic E-state index is -0.521. The van der Waals surface area contributed by atoms with Gasteiger partial charge in [-0.05, 0) is 31.5 Å². The van der Waals surface area contributed by atoms with E-state index < -0.39 is 6.04 Å². The normalized spacial score (nSPS) is 12.2. The highest BCUT2D eigenvalue weighted by atomic mass is 19.1. The third-order valence-corrected chi connectivity index (χ3v) is 3.86. The predicted octanol–water partition coefficient (Wildman–Crippen LogP) is 2.68. The number of benzene rings is 1. The molecule has 0 aliphatic heterocycles. The lowest BCUT2D eigenvalue weighted by molar-refractivity contribution is 0.0939. The summed E-state index contributed by atoms with van der Waals surface area (Å²) < 4.78 is 20.1. The molecule has 0 fully saturated rings. The molecule has 1 N–H and O–H groups in total. The second-order valence-corrected chi connectivity index (χ2v) is 5.55. The predicted molar refractivity (Wildman–Crippen MR) is 84.9 cm³/mol. The summed E-state index contributed by atoms with van der Waals surface area (Å²) in [6.45, 7) is 3.39. The lowest BCUT2D eigenvalue weighted by atomic mass is 10.0. The summed E-state index contributed by atoms with van der Waals surface area (Å²) in [4.78, 5) is 17.0. The largest absolute Gasteiger partial charge is 0.361 e. The van der Waals surface area contributed by atoms with Crippen LogP contribution in [-0.4, -0.2) is 20.6 Å². The fourth-order valence-electron chi connectivity index (χ4n) is 2.62. The summed E-state index contributed by atoms with van der Waals surface area (Å²) in [5, 5.41) is 6.74. The van der Waals surface area contributed by atoms with E-state index in [1.807, 2.05) is 11.6 Å². The molecule has 6 nitrogen and oxygen atoms in total. The van der Waals surface area contributed by atoms with Crippen LogP contribution in [0.3, 0.4) is 0 Å². The molecule has 0 radical (unpaired) electrons. The molecule has 0 saturated heterocycles. The van der Waals surface area contributed by atoms with E-state index in [0.29, 0.717) is 22.8 Å². The Kier molecular flexibility index (Phi) is 4.16. The van der Waals surface area contributed by atoms with Crippen LogP contribution in [0.1, 0.15) is 39.2 Å². The molecule has 2 aromatic heterocycles. The molecule has 124 valence electrons. The maximum atomic E-state index is 13.2. The maximum Gasteiger partial charge on any atom is 0.257 e. The second kappa shape index (κ2) is 6.27. The highest BCUT2D eigenvalue weighted by Crippen LogP contribution is 2.22. The standard InChI is InChI=1S/C17H17FN4O2/c1-10-14(11(2)24-21-10)17(23)20-15(16-19-8-9-22(16)3)12-4-6-13(18)7-5-12/h4-9,15H,1-3H3,(H,20,23)/t15-/m0/s1. The number of rotatable bonds is 4. The van der Waals surface area contributed by atoms with Crippen molar-refractivity contribution in [1.82, 2.24) is 20.0 Å². The zero-order valence-electron chi connectivity index (χ0n) is 13.6. The van der Waals surface area contributed by atoms with Crippen LogP contribution in [0.4, 0.5) is 4.39 Å². The number of hydrogen-bond donors (Lipinski definition) is 1. The van der Waals surface area contributed by atoms with Crippen molar-refractivity contribution in [1.29, 1.82) is 0 Å². The van der Waals surface area contributed by atoms with Crippen LogP contribution in [0.25, 0.3) is 0 Å². The molecular formula is C17H17FN4O2. The Labute approximate surface area is 138 Å². The van der Waals surface area contributed by atoms with Gasteiger partial charge in [0, 0.05) is 19.4 Å². The van der Waals surface area contributed by atoms with Crippen molar-refractivity contribution >= 4 is 5.91 Å². The van der Waals surface area contributed by atoms with Crippen molar-refractivity contribution in [2.75, 3.05) is 0 Å². The Morgan fingerprint density at radius 1 is 1.29 bits per heavy atom. The first-order valence-electron chi connectivity index (χ1n) is 7.43. The van der Waals surface area contributed by atoms with Gasteiger partial charge in [0.2, 0.25) is 0 Å². The molecule has 1 aromatic carbocycles. The molecule has 0 bridgehead atoms. The molecule has 1 amide bonds. The third kappa shape index (κ3) is 2.92. The Morgan fingerprint density at radius 3 is 2.54 bits per heavy atom. The number of imidazole rings is 1. The molecule has 0 aliphatic carbocycles. The van der Waals surface area contributed by atoms with Gasteiger partial charge in [-0.25, -0.2) is 9.37 Å². The van der Waals surface area contributed by atoms with Gasteiger partial charge < -0.3 is 14.4 Å². The number of nitrogens with zero attached hydrogens (tertiary/aromatic N) is 3. The second-order valence-electron chi connectivity index (χ2n) is 5.55. The summed E-state index contributed by atoms with van der Waals surface area (Å²) in [6.07, 6.45) is 3.43. The van der Waals surface area contributed by atoms with Crippen LogP contribution in [0, 0.1) is 19.7 Å². The first-order valence-corrected chi connectivity index (χ1v) is 7.43. The monoisotopic (exact) mass is 328 g/mol. The van der Waals surface area contributed by atoms with Crippen molar-refractivity contribution in [2.24, 2.45) is 7.05 Å². The van der Waals surface area contributed by atoms with E-state index in [4.69, 9.17) is 4.52 Å². The van der Waals surface area contributed by atoms with Crippen molar-refractivity contribution in [3.63, 3.8) is 0 Å². The molecule has 2 heterocycles. The van der Waals surface area contributed by atoms with Crippen LogP contribution in [-0.2, 0) is 7.05 Å². The fourth-order valence-corrected chi connectivity index (χ4v) is 2.62. The zero-order valence-corrected chi connectivity index (χ0v) is 13.6. The first kappa shape index (κ1) is 15.9. The van der Waals surface area contributed by atoms with Crippen molar-refractivity contribution in [2.45, 2.75) is 19.9 Å². The highest BCUT2D eigenvalue weighted by Gasteiger charge is 2.25. The molecule has 7 heteroatoms. The quantitative estimate of drug-likeness (QED) is 0.799. The molecule has 0 saturated carbocycles. The van der Waals surface area contributed by atoms with Gasteiger partial charge in [-0.1, -0.05) is 17.3 Å². The summed E-state index contributed by atoms with van der Waals surface area (Å²) >= 11 is 0. The smallest absolute Gasteiger partial charge is 0.257 e. The zero-order chi connectivity index (χ0) is 17.3. The van der Waals surface area contributed by atoms with Crippen LogP contribution >= 0.6 is 0 Å². The third-order valence-electron chi connectivity index (χ3n) is 3.86. The molecule has 3 rings (SSSR count). The lowest BCUT2D eigenvalue weighted by Crippen LogP contribution is -2.31. The fraction of sp³-hybridized carbons (Fsp3) is 0.235. The van der Waals surface area contributed by atoms with Crippen LogP contribution < -0.4 is 5.32 Å². The van der Waals surface area contributed by atoms with E-state index in [0.717, 1.165) is 5.56 Å². The van der Waals surface area contributed by atoms with Gasteiger partial charge in [0.1, 0.15) is 29.0 Å². The van der Waals surface area contributed by atoms with Crippen LogP contribution in [0.5, 0.6) is 0 Å². The lowest BCUT2D eigenvalue weighted by Gasteiger charge is -2.19. The van der Waals surface area contributed by atoms with Gasteiger partial charge in [-0.2, -0.15) is 0 Å². The highest BCUT2D eigenvalue weighted by molar-refractivity contribution is 5.96. The van der Waals surface area contributed by atoms with E-state index in [1.54, 1.807) is 38.4 Å². The van der Waals surface area contributed by atoms with Crippen LogP contribution in [0.2, 0.25) is 0 Å². The average Bonchev–Trinajstić information content (AvgIpc) is 3.11. The topological polar surface area (TPSA) is 73.0 Å². The van der Waals surface area contributed by atoms with E-state index in [-0.39, 0.29) is 11.7 Å². The van der Waals surface area contributed by atoms with E-state index in [2.05, 4.69) is 15.5 Å². The molecule has 0 aliphatic rings. The number of hydrogen-bond acceptors (Lipinski definition) is 4. The molecule has 0 unspecified atom stereocenters. The van der Waals surface area contributed by atoms with Crippen molar-refractivity contribution < 1.29 is 13.7 Å². The Hall–Kier alpha value is -2.96. The number of nitrogens with one attached hydrogen (secondary N) is 1. The number of amides is 1. The SMILES string of the molecule is Cc1noc(C)c1C(=O)N[C@@H](c1ccc(F)cc1)c1nccn1C. The Bertz CT molecular complexity index is 848. The minimum Gasteiger partial charge on any atom is -0.361 e. The van der Waals surface area contributed by atoms with Gasteiger partial charge >= 0.3 is 0 Å². The van der Waals surface area contributed by atoms with Gasteiger partial charge in [0.15, 0.2) is 0 Å². The van der Waals surface area contributed by atoms with Gasteiger partial charge in [-0.15, -0.1) is 0 Å². The number of halogens is 1. The first-order chi connectivity index (χ1) is 11.5. The van der Waals surface area contributed by atoms with Gasteiger partial charge in [-0.3, -0.25) is 4.79 Å². The van der Waals surface area contributed by atoms with E-state index >= 15 is 0 Å². The summed E-state index contributed by atoms with van der Waals surface area (Å²) in [7, 11) is 1.83. The minimum absolute atomic E-state index is 0.316. The van der Waals surface area contributed by atoms with Gasteiger partial charge in [0.05, 0.1) is 5.69 Å². The molecule has 0 spiro atoms. The summed E-state index contributed by atoms with van der Waals surface area (Å²) in [5.41, 5.74) is 1.64. The Balaban J connectivity index is 1.98. The molecule has 1 atom stereocenters.